The largest absolute Gasteiger partial charge is 0.455 e. The number of nitrogens with one attached hydrogen (secondary N) is 1. The molecule has 1 saturated heterocycles. The molecular formula is C20H24FNO3S2. The topological polar surface area (TPSA) is 55.4 Å². The third-order valence-electron chi connectivity index (χ3n) is 5.95. The summed E-state index contributed by atoms with van der Waals surface area (Å²) in [7, 11) is 0. The second-order valence-electron chi connectivity index (χ2n) is 7.55. The van der Waals surface area contributed by atoms with Gasteiger partial charge < -0.3 is 10.1 Å². The second-order valence-corrected chi connectivity index (χ2v) is 10.6. The number of esters is 1. The Bertz CT molecular complexity index is 707. The predicted octanol–water partition coefficient (Wildman–Crippen LogP) is 4.31. The van der Waals surface area contributed by atoms with Crippen LogP contribution in [0.1, 0.15) is 32.1 Å². The number of carbonyl (C=O) groups is 2. The van der Waals surface area contributed by atoms with E-state index in [1.807, 2.05) is 0 Å². The molecule has 1 heterocycles. The molecule has 2 saturated carbocycles. The van der Waals surface area contributed by atoms with E-state index < -0.39 is 11.7 Å². The molecule has 1 aromatic carbocycles. The van der Waals surface area contributed by atoms with Crippen LogP contribution in [-0.4, -0.2) is 34.1 Å². The van der Waals surface area contributed by atoms with E-state index >= 15 is 0 Å². The van der Waals surface area contributed by atoms with Crippen LogP contribution in [0.4, 0.5) is 10.1 Å². The van der Waals surface area contributed by atoms with E-state index in [-0.39, 0.29) is 24.2 Å². The molecule has 7 heteroatoms. The summed E-state index contributed by atoms with van der Waals surface area (Å²) in [6.45, 7) is -0.367. The zero-order valence-corrected chi connectivity index (χ0v) is 16.8. The number of benzene rings is 1. The van der Waals surface area contributed by atoms with Gasteiger partial charge in [0, 0.05) is 11.5 Å². The normalized spacial score (nSPS) is 28.7. The highest BCUT2D eigenvalue weighted by Crippen LogP contribution is 2.64. The van der Waals surface area contributed by atoms with E-state index in [0.29, 0.717) is 15.9 Å². The smallest absolute Gasteiger partial charge is 0.309 e. The van der Waals surface area contributed by atoms with Gasteiger partial charge in [0.2, 0.25) is 0 Å². The van der Waals surface area contributed by atoms with Gasteiger partial charge in [-0.2, -0.15) is 0 Å². The van der Waals surface area contributed by atoms with Gasteiger partial charge in [0.25, 0.3) is 5.91 Å². The van der Waals surface area contributed by atoms with E-state index in [0.717, 1.165) is 12.8 Å². The molecule has 3 aliphatic rings. The molecule has 1 unspecified atom stereocenters. The SMILES string of the molecule is O=C(COC(=O)C1C[C@H]2CCC[C@@H](C1)C21SCCS1)Nc1ccccc1F. The first-order valence-electron chi connectivity index (χ1n) is 9.57. The first kappa shape index (κ1) is 19.1. The van der Waals surface area contributed by atoms with Crippen LogP contribution in [0.5, 0.6) is 0 Å². The van der Waals surface area contributed by atoms with Gasteiger partial charge in [-0.15, -0.1) is 23.5 Å². The van der Waals surface area contributed by atoms with Gasteiger partial charge in [0.05, 0.1) is 15.7 Å². The zero-order valence-electron chi connectivity index (χ0n) is 15.1. The Kier molecular flexibility index (Phi) is 5.69. The molecule has 0 aromatic heterocycles. The fourth-order valence-corrected chi connectivity index (χ4v) is 8.74. The molecule has 1 N–H and O–H groups in total. The molecule has 1 amide bonds. The van der Waals surface area contributed by atoms with E-state index in [2.05, 4.69) is 28.8 Å². The van der Waals surface area contributed by atoms with Gasteiger partial charge in [0.1, 0.15) is 5.82 Å². The summed E-state index contributed by atoms with van der Waals surface area (Å²) >= 11 is 4.21. The van der Waals surface area contributed by atoms with E-state index in [1.165, 1.54) is 42.9 Å². The maximum absolute atomic E-state index is 13.6. The fraction of sp³-hybridized carbons (Fsp3) is 0.600. The van der Waals surface area contributed by atoms with Gasteiger partial charge in [-0.1, -0.05) is 18.6 Å². The lowest BCUT2D eigenvalue weighted by Gasteiger charge is -2.51. The van der Waals surface area contributed by atoms with Gasteiger partial charge in [-0.05, 0) is 49.7 Å². The van der Waals surface area contributed by atoms with Crippen molar-refractivity contribution in [2.45, 2.75) is 36.2 Å². The van der Waals surface area contributed by atoms with Gasteiger partial charge >= 0.3 is 5.97 Å². The number of amides is 1. The first-order valence-corrected chi connectivity index (χ1v) is 11.5. The van der Waals surface area contributed by atoms with Crippen LogP contribution in [0.2, 0.25) is 0 Å². The van der Waals surface area contributed by atoms with Crippen LogP contribution in [0.25, 0.3) is 0 Å². The summed E-state index contributed by atoms with van der Waals surface area (Å²) in [4.78, 5) is 24.6. The lowest BCUT2D eigenvalue weighted by Crippen LogP contribution is -2.48. The maximum Gasteiger partial charge on any atom is 0.309 e. The molecule has 3 atom stereocenters. The monoisotopic (exact) mass is 409 g/mol. The van der Waals surface area contributed by atoms with Crippen molar-refractivity contribution in [3.05, 3.63) is 30.1 Å². The molecule has 3 fully saturated rings. The summed E-state index contributed by atoms with van der Waals surface area (Å²) in [6, 6.07) is 5.95. The standard InChI is InChI=1S/C20H24FNO3S2/c21-16-6-1-2-7-17(16)22-18(23)12-25-19(24)13-10-14-4-3-5-15(11-13)20(14)26-8-9-27-20/h1-2,6-7,13-15H,3-5,8-12H2,(H,22,23)/t13?,14-,15+. The molecule has 146 valence electrons. The number of halogens is 1. The average molecular weight is 410 g/mol. The highest BCUT2D eigenvalue weighted by atomic mass is 32.2. The van der Waals surface area contributed by atoms with Crippen LogP contribution in [0.15, 0.2) is 24.3 Å². The molecule has 1 aromatic rings. The van der Waals surface area contributed by atoms with Crippen LogP contribution in [0, 0.1) is 23.6 Å². The van der Waals surface area contributed by atoms with Crippen molar-refractivity contribution in [1.29, 1.82) is 0 Å². The van der Waals surface area contributed by atoms with Gasteiger partial charge in [0.15, 0.2) is 6.61 Å². The highest BCUT2D eigenvalue weighted by molar-refractivity contribution is 8.21. The van der Waals surface area contributed by atoms with Gasteiger partial charge in [-0.3, -0.25) is 9.59 Å². The maximum atomic E-state index is 13.6. The summed E-state index contributed by atoms with van der Waals surface area (Å²) in [5.74, 6) is 2.13. The fourth-order valence-electron chi connectivity index (χ4n) is 4.80. The average Bonchev–Trinajstić information content (AvgIpc) is 3.11. The minimum Gasteiger partial charge on any atom is -0.455 e. The van der Waals surface area contributed by atoms with Crippen LogP contribution >= 0.6 is 23.5 Å². The lowest BCUT2D eigenvalue weighted by molar-refractivity contribution is -0.154. The van der Waals surface area contributed by atoms with Crippen LogP contribution in [0.3, 0.4) is 0 Å². The summed E-state index contributed by atoms with van der Waals surface area (Å²) in [5.41, 5.74) is 0.1000. The van der Waals surface area contributed by atoms with Crippen molar-refractivity contribution in [3.8, 4) is 0 Å². The minimum atomic E-state index is -0.511. The van der Waals surface area contributed by atoms with Crippen molar-refractivity contribution in [2.75, 3.05) is 23.4 Å². The number of ether oxygens (including phenoxy) is 1. The Hall–Kier alpha value is -1.21. The van der Waals surface area contributed by atoms with E-state index in [4.69, 9.17) is 4.74 Å². The van der Waals surface area contributed by atoms with E-state index in [9.17, 15) is 14.0 Å². The predicted molar refractivity (Wildman–Crippen MR) is 107 cm³/mol. The Balaban J connectivity index is 1.32. The number of thioether (sulfide) groups is 2. The Labute approximate surface area is 167 Å². The van der Waals surface area contributed by atoms with Crippen LogP contribution in [-0.2, 0) is 14.3 Å². The van der Waals surface area contributed by atoms with Crippen molar-refractivity contribution in [1.82, 2.24) is 0 Å². The van der Waals surface area contributed by atoms with Crippen LogP contribution < -0.4 is 5.32 Å². The third kappa shape index (κ3) is 3.86. The molecule has 1 aliphatic heterocycles. The molecule has 2 bridgehead atoms. The van der Waals surface area contributed by atoms with Crippen molar-refractivity contribution in [3.63, 3.8) is 0 Å². The number of hydrogen-bond acceptors (Lipinski definition) is 5. The Morgan fingerprint density at radius 3 is 2.48 bits per heavy atom. The number of rotatable bonds is 4. The number of carbonyl (C=O) groups excluding carboxylic acids is 2. The number of anilines is 1. The number of para-hydroxylation sites is 1. The van der Waals surface area contributed by atoms with Gasteiger partial charge in [-0.25, -0.2) is 4.39 Å². The Morgan fingerprint density at radius 1 is 1.15 bits per heavy atom. The molecule has 4 rings (SSSR count). The van der Waals surface area contributed by atoms with Crippen molar-refractivity contribution in [2.24, 2.45) is 17.8 Å². The first-order chi connectivity index (χ1) is 13.1. The van der Waals surface area contributed by atoms with E-state index in [1.54, 1.807) is 12.1 Å². The quantitative estimate of drug-likeness (QED) is 0.751. The van der Waals surface area contributed by atoms with Crippen molar-refractivity contribution >= 4 is 41.1 Å². The Morgan fingerprint density at radius 2 is 1.81 bits per heavy atom. The molecule has 1 spiro atoms. The summed E-state index contributed by atoms with van der Waals surface area (Å²) in [6.07, 6.45) is 5.36. The molecular weight excluding hydrogens is 385 g/mol. The molecule has 0 radical (unpaired) electrons. The summed E-state index contributed by atoms with van der Waals surface area (Å²) < 4.78 is 19.2. The zero-order chi connectivity index (χ0) is 18.9. The number of hydrogen-bond donors (Lipinski definition) is 1. The molecule has 2 aliphatic carbocycles. The highest BCUT2D eigenvalue weighted by Gasteiger charge is 2.55. The lowest BCUT2D eigenvalue weighted by atomic mass is 9.67. The second kappa shape index (κ2) is 8.03. The molecule has 27 heavy (non-hydrogen) atoms. The van der Waals surface area contributed by atoms with Crippen molar-refractivity contribution < 1.29 is 18.7 Å². The summed E-state index contributed by atoms with van der Waals surface area (Å²) in [5, 5.41) is 2.45. The third-order valence-corrected chi connectivity index (χ3v) is 9.96. The minimum absolute atomic E-state index is 0.1000. The molecule has 4 nitrogen and oxygen atoms in total.